The van der Waals surface area contributed by atoms with E-state index >= 15 is 0 Å². The van der Waals surface area contributed by atoms with Gasteiger partial charge in [0.2, 0.25) is 5.91 Å². The Bertz CT molecular complexity index is 689. The molecule has 0 saturated heterocycles. The van der Waals surface area contributed by atoms with Crippen molar-refractivity contribution in [3.8, 4) is 0 Å². The molecule has 0 fully saturated rings. The molecule has 0 bridgehead atoms. The minimum absolute atomic E-state index is 0.00297. The average Bonchev–Trinajstić information content (AvgIpc) is 2.53. The SMILES string of the molecule is CN(Cc1ccccn1)C(=O)CNC(=O)c1c(F)cccc1Cl. The van der Waals surface area contributed by atoms with Gasteiger partial charge in [-0.05, 0) is 24.3 Å². The van der Waals surface area contributed by atoms with E-state index in [0.717, 1.165) is 11.8 Å². The number of rotatable bonds is 5. The third-order valence-corrected chi connectivity index (χ3v) is 3.46. The van der Waals surface area contributed by atoms with Gasteiger partial charge >= 0.3 is 0 Å². The van der Waals surface area contributed by atoms with Gasteiger partial charge in [-0.3, -0.25) is 14.6 Å². The molecule has 0 atom stereocenters. The predicted octanol–water partition coefficient (Wildman–Crippen LogP) is 2.26. The molecule has 2 amide bonds. The quantitative estimate of drug-likeness (QED) is 0.911. The Kier molecular flexibility index (Phi) is 5.65. The Morgan fingerprint density at radius 3 is 2.70 bits per heavy atom. The minimum Gasteiger partial charge on any atom is -0.343 e. The molecule has 23 heavy (non-hydrogen) atoms. The van der Waals surface area contributed by atoms with Crippen LogP contribution in [0, 0.1) is 5.82 Å². The van der Waals surface area contributed by atoms with Gasteiger partial charge in [0, 0.05) is 13.2 Å². The Labute approximate surface area is 138 Å². The third-order valence-electron chi connectivity index (χ3n) is 3.14. The highest BCUT2D eigenvalue weighted by molar-refractivity contribution is 6.33. The van der Waals surface area contributed by atoms with Gasteiger partial charge in [-0.25, -0.2) is 4.39 Å². The Hall–Kier alpha value is -2.47. The molecule has 0 aliphatic rings. The van der Waals surface area contributed by atoms with Crippen LogP contribution in [0.15, 0.2) is 42.6 Å². The number of likely N-dealkylation sites (N-methyl/N-ethyl adjacent to an activating group) is 1. The number of hydrogen-bond donors (Lipinski definition) is 1. The van der Waals surface area contributed by atoms with E-state index in [-0.39, 0.29) is 23.0 Å². The molecule has 1 aromatic heterocycles. The lowest BCUT2D eigenvalue weighted by Crippen LogP contribution is -2.38. The summed E-state index contributed by atoms with van der Waals surface area (Å²) < 4.78 is 13.6. The van der Waals surface area contributed by atoms with Crippen molar-refractivity contribution in [2.45, 2.75) is 6.54 Å². The maximum absolute atomic E-state index is 13.6. The fraction of sp³-hybridized carbons (Fsp3) is 0.188. The lowest BCUT2D eigenvalue weighted by atomic mass is 10.2. The van der Waals surface area contributed by atoms with E-state index in [4.69, 9.17) is 11.6 Å². The van der Waals surface area contributed by atoms with Gasteiger partial charge in [0.15, 0.2) is 0 Å². The summed E-state index contributed by atoms with van der Waals surface area (Å²) in [6, 6.07) is 9.35. The molecule has 1 heterocycles. The fourth-order valence-corrected chi connectivity index (χ4v) is 2.17. The minimum atomic E-state index is -0.732. The second-order valence-electron chi connectivity index (χ2n) is 4.85. The molecule has 120 valence electrons. The Balaban J connectivity index is 1.92. The van der Waals surface area contributed by atoms with Crippen molar-refractivity contribution in [2.24, 2.45) is 0 Å². The summed E-state index contributed by atoms with van der Waals surface area (Å²) in [5.41, 5.74) is 0.459. The van der Waals surface area contributed by atoms with Gasteiger partial charge in [0.05, 0.1) is 29.4 Å². The lowest BCUT2D eigenvalue weighted by molar-refractivity contribution is -0.129. The van der Waals surface area contributed by atoms with Crippen LogP contribution in [-0.4, -0.2) is 35.3 Å². The van der Waals surface area contributed by atoms with Crippen LogP contribution in [0.25, 0.3) is 0 Å². The van der Waals surface area contributed by atoms with Crippen LogP contribution >= 0.6 is 11.6 Å². The highest BCUT2D eigenvalue weighted by atomic mass is 35.5. The number of benzene rings is 1. The van der Waals surface area contributed by atoms with Gasteiger partial charge in [-0.2, -0.15) is 0 Å². The second kappa shape index (κ2) is 7.69. The summed E-state index contributed by atoms with van der Waals surface area (Å²) in [4.78, 5) is 29.5. The first kappa shape index (κ1) is 16.9. The van der Waals surface area contributed by atoms with Crippen molar-refractivity contribution >= 4 is 23.4 Å². The van der Waals surface area contributed by atoms with Crippen molar-refractivity contribution in [1.82, 2.24) is 15.2 Å². The fourth-order valence-electron chi connectivity index (χ4n) is 1.92. The zero-order valence-corrected chi connectivity index (χ0v) is 13.2. The van der Waals surface area contributed by atoms with Crippen molar-refractivity contribution < 1.29 is 14.0 Å². The number of carbonyl (C=O) groups excluding carboxylic acids is 2. The third kappa shape index (κ3) is 4.50. The smallest absolute Gasteiger partial charge is 0.256 e. The molecule has 7 heteroatoms. The molecule has 0 aliphatic carbocycles. The summed E-state index contributed by atoms with van der Waals surface area (Å²) in [6.07, 6.45) is 1.63. The molecule has 2 aromatic rings. The van der Waals surface area contributed by atoms with Crippen molar-refractivity contribution in [3.05, 3.63) is 64.7 Å². The van der Waals surface area contributed by atoms with Crippen LogP contribution in [0.5, 0.6) is 0 Å². The standard InChI is InChI=1S/C16H15ClFN3O2/c1-21(10-11-5-2-3-8-19-11)14(22)9-20-16(23)15-12(17)6-4-7-13(15)18/h2-8H,9-10H2,1H3,(H,20,23). The lowest BCUT2D eigenvalue weighted by Gasteiger charge is -2.17. The summed E-state index contributed by atoms with van der Waals surface area (Å²) in [7, 11) is 1.60. The van der Waals surface area contributed by atoms with Gasteiger partial charge < -0.3 is 10.2 Å². The van der Waals surface area contributed by atoms with Crippen LogP contribution in [0.3, 0.4) is 0 Å². The molecule has 2 rings (SSSR count). The molecule has 5 nitrogen and oxygen atoms in total. The van der Waals surface area contributed by atoms with E-state index in [0.29, 0.717) is 6.54 Å². The number of carbonyl (C=O) groups is 2. The molecular weight excluding hydrogens is 321 g/mol. The first-order valence-corrected chi connectivity index (χ1v) is 7.23. The highest BCUT2D eigenvalue weighted by Gasteiger charge is 2.17. The number of amides is 2. The molecule has 1 aromatic carbocycles. The molecule has 0 spiro atoms. The van der Waals surface area contributed by atoms with E-state index in [9.17, 15) is 14.0 Å². The molecule has 0 aliphatic heterocycles. The monoisotopic (exact) mass is 335 g/mol. The van der Waals surface area contributed by atoms with E-state index in [2.05, 4.69) is 10.3 Å². The molecular formula is C16H15ClFN3O2. The topological polar surface area (TPSA) is 62.3 Å². The first-order valence-electron chi connectivity index (χ1n) is 6.85. The summed E-state index contributed by atoms with van der Waals surface area (Å²) in [5.74, 6) is -1.78. The van der Waals surface area contributed by atoms with E-state index in [1.165, 1.54) is 17.0 Å². The number of nitrogens with one attached hydrogen (secondary N) is 1. The van der Waals surface area contributed by atoms with Crippen molar-refractivity contribution in [3.63, 3.8) is 0 Å². The van der Waals surface area contributed by atoms with Crippen LogP contribution < -0.4 is 5.32 Å². The number of hydrogen-bond acceptors (Lipinski definition) is 3. The van der Waals surface area contributed by atoms with Crippen LogP contribution in [0.4, 0.5) is 4.39 Å². The van der Waals surface area contributed by atoms with Crippen LogP contribution in [0.1, 0.15) is 16.1 Å². The predicted molar refractivity (Wildman–Crippen MR) is 84.5 cm³/mol. The molecule has 0 radical (unpaired) electrons. The van der Waals surface area contributed by atoms with E-state index in [1.54, 1.807) is 25.4 Å². The van der Waals surface area contributed by atoms with Gasteiger partial charge in [0.1, 0.15) is 5.82 Å². The molecule has 1 N–H and O–H groups in total. The largest absolute Gasteiger partial charge is 0.343 e. The molecule has 0 unspecified atom stereocenters. The van der Waals surface area contributed by atoms with Gasteiger partial charge in [-0.1, -0.05) is 23.7 Å². The average molecular weight is 336 g/mol. The Morgan fingerprint density at radius 1 is 1.26 bits per heavy atom. The second-order valence-corrected chi connectivity index (χ2v) is 5.26. The van der Waals surface area contributed by atoms with E-state index < -0.39 is 11.7 Å². The Morgan fingerprint density at radius 2 is 2.04 bits per heavy atom. The van der Waals surface area contributed by atoms with Gasteiger partial charge in [0.25, 0.3) is 5.91 Å². The van der Waals surface area contributed by atoms with Crippen LogP contribution in [0.2, 0.25) is 5.02 Å². The summed E-state index contributed by atoms with van der Waals surface area (Å²) in [6.45, 7) is 0.0584. The van der Waals surface area contributed by atoms with Gasteiger partial charge in [-0.15, -0.1) is 0 Å². The maximum Gasteiger partial charge on any atom is 0.256 e. The number of halogens is 2. The normalized spacial score (nSPS) is 10.2. The number of aromatic nitrogens is 1. The number of nitrogens with zero attached hydrogens (tertiary/aromatic N) is 2. The first-order chi connectivity index (χ1) is 11.0. The maximum atomic E-state index is 13.6. The van der Waals surface area contributed by atoms with E-state index in [1.807, 2.05) is 6.07 Å². The molecule has 0 saturated carbocycles. The zero-order chi connectivity index (χ0) is 16.8. The zero-order valence-electron chi connectivity index (χ0n) is 12.4. The number of pyridine rings is 1. The highest BCUT2D eigenvalue weighted by Crippen LogP contribution is 2.18. The van der Waals surface area contributed by atoms with Crippen LogP contribution in [-0.2, 0) is 11.3 Å². The van der Waals surface area contributed by atoms with Crippen molar-refractivity contribution in [2.75, 3.05) is 13.6 Å². The summed E-state index contributed by atoms with van der Waals surface area (Å²) in [5, 5.41) is 2.37. The summed E-state index contributed by atoms with van der Waals surface area (Å²) >= 11 is 5.81. The van der Waals surface area contributed by atoms with Crippen molar-refractivity contribution in [1.29, 1.82) is 0 Å².